The molecule has 0 radical (unpaired) electrons. The van der Waals surface area contributed by atoms with Gasteiger partial charge in [0.05, 0.1) is 7.11 Å². The lowest BCUT2D eigenvalue weighted by Gasteiger charge is -2.07. The van der Waals surface area contributed by atoms with Crippen LogP contribution in [0.3, 0.4) is 0 Å². The summed E-state index contributed by atoms with van der Waals surface area (Å²) in [4.78, 5) is 11.6. The number of carbonyl (C=O) groups is 1. The van der Waals surface area contributed by atoms with Crippen LogP contribution in [0.15, 0.2) is 48.0 Å². The summed E-state index contributed by atoms with van der Waals surface area (Å²) >= 11 is 0. The van der Waals surface area contributed by atoms with E-state index < -0.39 is 0 Å². The topological polar surface area (TPSA) is 26.3 Å². The van der Waals surface area contributed by atoms with Crippen molar-refractivity contribution in [2.75, 3.05) is 7.11 Å². The number of esters is 1. The summed E-state index contributed by atoms with van der Waals surface area (Å²) in [6.07, 6.45) is 0. The number of carbonyl (C=O) groups excluding carboxylic acids is 1. The minimum atomic E-state index is -0.276. The van der Waals surface area contributed by atoms with E-state index in [9.17, 15) is 4.79 Å². The molecule has 0 aliphatic heterocycles. The molecule has 0 saturated carbocycles. The minimum absolute atomic E-state index is 0.276. The van der Waals surface area contributed by atoms with E-state index in [0.29, 0.717) is 5.57 Å². The molecular formula is C16H16O2. The molecule has 0 spiro atoms. The average molecular weight is 240 g/mol. The first-order valence-corrected chi connectivity index (χ1v) is 5.89. The fraction of sp³-hybridized carbons (Fsp3) is 0.188. The quantitative estimate of drug-likeness (QED) is 0.590. The van der Waals surface area contributed by atoms with Gasteiger partial charge in [0, 0.05) is 5.57 Å². The molecule has 2 aliphatic carbocycles. The second-order valence-electron chi connectivity index (χ2n) is 4.27. The summed E-state index contributed by atoms with van der Waals surface area (Å²) in [6, 6.07) is 14.3. The zero-order valence-electron chi connectivity index (χ0n) is 10.9. The van der Waals surface area contributed by atoms with Crippen molar-refractivity contribution in [1.29, 1.82) is 0 Å². The van der Waals surface area contributed by atoms with Gasteiger partial charge in [-0.25, -0.2) is 4.79 Å². The molecule has 0 aromatic carbocycles. The van der Waals surface area contributed by atoms with Gasteiger partial charge in [-0.05, 0) is 36.1 Å². The zero-order valence-corrected chi connectivity index (χ0v) is 10.9. The molecule has 92 valence electrons. The van der Waals surface area contributed by atoms with Crippen molar-refractivity contribution < 1.29 is 9.53 Å². The lowest BCUT2D eigenvalue weighted by Crippen LogP contribution is -2.03. The summed E-state index contributed by atoms with van der Waals surface area (Å²) in [5.41, 5.74) is 5.02. The average Bonchev–Trinajstić information content (AvgIpc) is 2.65. The highest BCUT2D eigenvalue weighted by Gasteiger charge is 2.14. The van der Waals surface area contributed by atoms with Crippen molar-refractivity contribution in [1.82, 2.24) is 0 Å². The van der Waals surface area contributed by atoms with Crippen molar-refractivity contribution in [3.63, 3.8) is 0 Å². The molecule has 2 nitrogen and oxygen atoms in total. The summed E-state index contributed by atoms with van der Waals surface area (Å²) < 4.78 is 4.76. The normalized spacial score (nSPS) is 12.2. The van der Waals surface area contributed by atoms with Crippen LogP contribution in [0.1, 0.15) is 19.4 Å². The van der Waals surface area contributed by atoms with E-state index in [0.717, 1.165) is 16.7 Å². The molecule has 0 unspecified atom stereocenters. The van der Waals surface area contributed by atoms with E-state index >= 15 is 0 Å². The van der Waals surface area contributed by atoms with E-state index in [4.69, 9.17) is 4.74 Å². The van der Waals surface area contributed by atoms with Gasteiger partial charge in [0.1, 0.15) is 0 Å². The molecule has 0 N–H and O–H groups in total. The molecule has 0 fully saturated rings. The number of rotatable bonds is 2. The monoisotopic (exact) mass is 240 g/mol. The largest absolute Gasteiger partial charge is 0.466 e. The SMILES string of the molecule is COC(=O)C(C)=C(C)c1ccc2cccccc1-2. The van der Waals surface area contributed by atoms with E-state index in [1.807, 2.05) is 31.2 Å². The van der Waals surface area contributed by atoms with Crippen LogP contribution in [-0.4, -0.2) is 13.1 Å². The predicted molar refractivity (Wildman–Crippen MR) is 73.3 cm³/mol. The first-order chi connectivity index (χ1) is 8.65. The van der Waals surface area contributed by atoms with Crippen LogP contribution < -0.4 is 0 Å². The molecule has 2 rings (SSSR count). The third-order valence-corrected chi connectivity index (χ3v) is 3.25. The third kappa shape index (κ3) is 2.14. The molecular weight excluding hydrogens is 224 g/mol. The number of hydrogen-bond donors (Lipinski definition) is 0. The Morgan fingerprint density at radius 1 is 1.00 bits per heavy atom. The summed E-state index contributed by atoms with van der Waals surface area (Å²) in [7, 11) is 1.40. The second kappa shape index (κ2) is 5.05. The van der Waals surface area contributed by atoms with Crippen LogP contribution >= 0.6 is 0 Å². The van der Waals surface area contributed by atoms with E-state index in [1.165, 1.54) is 12.7 Å². The summed E-state index contributed by atoms with van der Waals surface area (Å²) in [6.45, 7) is 3.75. The van der Waals surface area contributed by atoms with Gasteiger partial charge < -0.3 is 4.74 Å². The number of allylic oxidation sites excluding steroid dienone is 1. The first kappa shape index (κ1) is 12.4. The number of fused-ring (bicyclic) bond motifs is 1. The zero-order chi connectivity index (χ0) is 13.1. The van der Waals surface area contributed by atoms with Gasteiger partial charge in [0.15, 0.2) is 0 Å². The smallest absolute Gasteiger partial charge is 0.333 e. The fourth-order valence-corrected chi connectivity index (χ4v) is 2.05. The van der Waals surface area contributed by atoms with Crippen LogP contribution in [0.5, 0.6) is 0 Å². The van der Waals surface area contributed by atoms with Gasteiger partial charge in [-0.2, -0.15) is 0 Å². The van der Waals surface area contributed by atoms with Crippen molar-refractivity contribution in [2.24, 2.45) is 0 Å². The lowest BCUT2D eigenvalue weighted by atomic mass is 10.00. The molecule has 0 bridgehead atoms. The summed E-state index contributed by atoms with van der Waals surface area (Å²) in [5.74, 6) is -0.276. The van der Waals surface area contributed by atoms with Crippen LogP contribution in [0.25, 0.3) is 16.7 Å². The van der Waals surface area contributed by atoms with Gasteiger partial charge >= 0.3 is 5.97 Å². The Kier molecular flexibility index (Phi) is 3.47. The predicted octanol–water partition coefficient (Wildman–Crippen LogP) is 3.76. The highest BCUT2D eigenvalue weighted by atomic mass is 16.5. The van der Waals surface area contributed by atoms with Gasteiger partial charge in [-0.15, -0.1) is 0 Å². The number of ether oxygens (including phenoxy) is 1. The number of methoxy groups -OCH3 is 1. The molecule has 0 aromatic heterocycles. The summed E-state index contributed by atoms with van der Waals surface area (Å²) in [5, 5.41) is 0. The van der Waals surface area contributed by atoms with Gasteiger partial charge in [0.2, 0.25) is 0 Å². The molecule has 0 atom stereocenters. The van der Waals surface area contributed by atoms with Crippen LogP contribution in [0.4, 0.5) is 0 Å². The highest BCUT2D eigenvalue weighted by Crippen LogP contribution is 2.33. The highest BCUT2D eigenvalue weighted by molar-refractivity contribution is 5.99. The van der Waals surface area contributed by atoms with E-state index in [2.05, 4.69) is 18.2 Å². The molecule has 0 aromatic rings. The second-order valence-corrected chi connectivity index (χ2v) is 4.27. The van der Waals surface area contributed by atoms with Crippen LogP contribution in [0, 0.1) is 0 Å². The standard InChI is InChI=1S/C16H16O2/c1-11(12(2)16(17)18-3)14-10-9-13-7-5-4-6-8-15(13)14/h4-10H,1-3H3. The maximum Gasteiger partial charge on any atom is 0.333 e. The van der Waals surface area contributed by atoms with Crippen LogP contribution in [-0.2, 0) is 9.53 Å². The Morgan fingerprint density at radius 3 is 2.44 bits per heavy atom. The van der Waals surface area contributed by atoms with Crippen LogP contribution in [0.2, 0.25) is 0 Å². The number of hydrogen-bond acceptors (Lipinski definition) is 2. The van der Waals surface area contributed by atoms with Crippen molar-refractivity contribution in [3.05, 3.63) is 53.6 Å². The maximum absolute atomic E-state index is 11.6. The van der Waals surface area contributed by atoms with Gasteiger partial charge in [-0.1, -0.05) is 42.5 Å². The Balaban J connectivity index is 2.55. The Labute approximate surface area is 107 Å². The molecule has 0 amide bonds. The fourth-order valence-electron chi connectivity index (χ4n) is 2.05. The lowest BCUT2D eigenvalue weighted by molar-refractivity contribution is -0.135. The Bertz CT molecular complexity index is 582. The molecule has 0 heterocycles. The molecule has 18 heavy (non-hydrogen) atoms. The van der Waals surface area contributed by atoms with E-state index in [-0.39, 0.29) is 5.97 Å². The van der Waals surface area contributed by atoms with Gasteiger partial charge in [0.25, 0.3) is 0 Å². The Hall–Kier alpha value is -2.09. The van der Waals surface area contributed by atoms with Gasteiger partial charge in [-0.3, -0.25) is 0 Å². The van der Waals surface area contributed by atoms with Crippen molar-refractivity contribution in [3.8, 4) is 11.1 Å². The molecule has 2 aliphatic rings. The Morgan fingerprint density at radius 2 is 1.72 bits per heavy atom. The molecule has 2 heteroatoms. The van der Waals surface area contributed by atoms with Crippen molar-refractivity contribution >= 4 is 11.5 Å². The van der Waals surface area contributed by atoms with E-state index in [1.54, 1.807) is 6.92 Å². The third-order valence-electron chi connectivity index (χ3n) is 3.25. The maximum atomic E-state index is 11.6. The van der Waals surface area contributed by atoms with Crippen molar-refractivity contribution in [2.45, 2.75) is 13.8 Å². The minimum Gasteiger partial charge on any atom is -0.466 e. The molecule has 0 saturated heterocycles. The first-order valence-electron chi connectivity index (χ1n) is 5.89.